The molecule has 4 fully saturated rings. The van der Waals surface area contributed by atoms with E-state index in [1.807, 2.05) is 0 Å². The zero-order valence-corrected chi connectivity index (χ0v) is 13.8. The third-order valence-corrected chi connectivity index (χ3v) is 6.66. The molecule has 118 valence electrons. The molecule has 1 aromatic rings. The molecule has 0 spiro atoms. The molecule has 0 unspecified atom stereocenters. The lowest BCUT2D eigenvalue weighted by molar-refractivity contribution is -0.0697. The summed E-state index contributed by atoms with van der Waals surface area (Å²) in [5.41, 5.74) is 1.92. The van der Waals surface area contributed by atoms with Gasteiger partial charge >= 0.3 is 0 Å². The summed E-state index contributed by atoms with van der Waals surface area (Å²) >= 11 is 0. The maximum atomic E-state index is 3.82. The van der Waals surface area contributed by atoms with E-state index in [0.717, 1.165) is 24.3 Å². The van der Waals surface area contributed by atoms with Crippen molar-refractivity contribution in [1.29, 1.82) is 0 Å². The second-order valence-corrected chi connectivity index (χ2v) is 8.22. The largest absolute Gasteiger partial charge is 0.310 e. The van der Waals surface area contributed by atoms with Crippen molar-refractivity contribution in [3.63, 3.8) is 0 Å². The molecule has 1 atom stereocenters. The Bertz CT molecular complexity index is 495. The summed E-state index contributed by atoms with van der Waals surface area (Å²) in [5, 5.41) is 3.82. The molecule has 1 N–H and O–H groups in total. The predicted octanol–water partition coefficient (Wildman–Crippen LogP) is 4.89. The lowest BCUT2D eigenvalue weighted by atomic mass is 9.48. The van der Waals surface area contributed by atoms with Crippen LogP contribution < -0.4 is 5.32 Å². The van der Waals surface area contributed by atoms with Gasteiger partial charge in [-0.1, -0.05) is 42.5 Å². The Hall–Kier alpha value is -1.08. The van der Waals surface area contributed by atoms with Crippen LogP contribution in [0.15, 0.2) is 36.4 Å². The zero-order valence-electron chi connectivity index (χ0n) is 13.8. The van der Waals surface area contributed by atoms with E-state index in [2.05, 4.69) is 54.7 Å². The fourth-order valence-corrected chi connectivity index (χ4v) is 5.93. The topological polar surface area (TPSA) is 12.0 Å². The molecule has 1 nitrogen and oxygen atoms in total. The standard InChI is InChI=1S/C21H29N/c1-16(22-9-5-8-17-6-3-2-4-7-17)21-13-18-10-19(14-21)12-20(11-18)15-21/h2-8,16,18-20,22H,9-15H2,1H3/b8-5+/t16-,18?,19?,20?,21?/m1/s1. The van der Waals surface area contributed by atoms with Crippen LogP contribution >= 0.6 is 0 Å². The molecule has 0 radical (unpaired) electrons. The summed E-state index contributed by atoms with van der Waals surface area (Å²) in [6.07, 6.45) is 13.6. The van der Waals surface area contributed by atoms with E-state index in [4.69, 9.17) is 0 Å². The molecule has 0 aromatic heterocycles. The maximum absolute atomic E-state index is 3.82. The highest BCUT2D eigenvalue weighted by atomic mass is 14.9. The molecule has 4 aliphatic rings. The SMILES string of the molecule is C[C@@H](NC/C=C/c1ccccc1)C12CC3CC(CC(C3)C1)C2. The summed E-state index contributed by atoms with van der Waals surface area (Å²) in [5.74, 6) is 3.15. The zero-order chi connectivity index (χ0) is 15.0. The highest BCUT2D eigenvalue weighted by Crippen LogP contribution is 2.61. The Morgan fingerprint density at radius 2 is 1.64 bits per heavy atom. The minimum atomic E-state index is 0.620. The second-order valence-electron chi connectivity index (χ2n) is 8.22. The minimum Gasteiger partial charge on any atom is -0.310 e. The Morgan fingerprint density at radius 1 is 1.05 bits per heavy atom. The number of rotatable bonds is 5. The Morgan fingerprint density at radius 3 is 2.23 bits per heavy atom. The van der Waals surface area contributed by atoms with Crippen molar-refractivity contribution in [3.8, 4) is 0 Å². The lowest BCUT2D eigenvalue weighted by Crippen LogP contribution is -2.54. The van der Waals surface area contributed by atoms with Crippen LogP contribution in [-0.4, -0.2) is 12.6 Å². The normalized spacial score (nSPS) is 37.8. The van der Waals surface area contributed by atoms with Crippen molar-refractivity contribution < 1.29 is 0 Å². The van der Waals surface area contributed by atoms with Gasteiger partial charge < -0.3 is 5.32 Å². The van der Waals surface area contributed by atoms with E-state index in [0.29, 0.717) is 11.5 Å². The molecule has 0 saturated heterocycles. The van der Waals surface area contributed by atoms with E-state index in [1.165, 1.54) is 24.8 Å². The van der Waals surface area contributed by atoms with Gasteiger partial charge in [0.25, 0.3) is 0 Å². The van der Waals surface area contributed by atoms with Gasteiger partial charge in [0, 0.05) is 12.6 Å². The van der Waals surface area contributed by atoms with E-state index in [9.17, 15) is 0 Å². The number of hydrogen-bond acceptors (Lipinski definition) is 1. The van der Waals surface area contributed by atoms with Crippen molar-refractivity contribution in [2.45, 2.75) is 51.5 Å². The second kappa shape index (κ2) is 5.85. The quantitative estimate of drug-likeness (QED) is 0.815. The van der Waals surface area contributed by atoms with Gasteiger partial charge in [0.15, 0.2) is 0 Å². The Labute approximate surface area is 135 Å². The minimum absolute atomic E-state index is 0.620. The van der Waals surface area contributed by atoms with Gasteiger partial charge in [-0.25, -0.2) is 0 Å². The van der Waals surface area contributed by atoms with Crippen LogP contribution in [-0.2, 0) is 0 Å². The predicted molar refractivity (Wildman–Crippen MR) is 93.5 cm³/mol. The van der Waals surface area contributed by atoms with Gasteiger partial charge in [0.1, 0.15) is 0 Å². The summed E-state index contributed by atoms with van der Waals surface area (Å²) < 4.78 is 0. The van der Waals surface area contributed by atoms with E-state index >= 15 is 0 Å². The van der Waals surface area contributed by atoms with Crippen LogP contribution in [0.4, 0.5) is 0 Å². The fraction of sp³-hybridized carbons (Fsp3) is 0.619. The summed E-state index contributed by atoms with van der Waals surface area (Å²) in [4.78, 5) is 0. The summed E-state index contributed by atoms with van der Waals surface area (Å²) in [7, 11) is 0. The first kappa shape index (κ1) is 14.5. The van der Waals surface area contributed by atoms with Crippen LogP contribution in [0.5, 0.6) is 0 Å². The molecule has 0 amide bonds. The van der Waals surface area contributed by atoms with Gasteiger partial charge in [-0.3, -0.25) is 0 Å². The van der Waals surface area contributed by atoms with Crippen molar-refractivity contribution >= 4 is 6.08 Å². The van der Waals surface area contributed by atoms with Crippen LogP contribution in [0.3, 0.4) is 0 Å². The smallest absolute Gasteiger partial charge is 0.0140 e. The average Bonchev–Trinajstić information content (AvgIpc) is 2.51. The average molecular weight is 295 g/mol. The fourth-order valence-electron chi connectivity index (χ4n) is 5.93. The van der Waals surface area contributed by atoms with Crippen molar-refractivity contribution in [3.05, 3.63) is 42.0 Å². The Kier molecular flexibility index (Phi) is 3.86. The molecule has 4 bridgehead atoms. The van der Waals surface area contributed by atoms with Crippen LogP contribution in [0.1, 0.15) is 51.0 Å². The first-order valence-corrected chi connectivity index (χ1v) is 9.18. The number of benzene rings is 1. The molecule has 1 heteroatoms. The van der Waals surface area contributed by atoms with Crippen LogP contribution in [0.25, 0.3) is 6.08 Å². The lowest BCUT2D eigenvalue weighted by Gasteiger charge is -2.59. The van der Waals surface area contributed by atoms with Gasteiger partial charge in [0.2, 0.25) is 0 Å². The van der Waals surface area contributed by atoms with E-state index in [1.54, 1.807) is 19.3 Å². The molecule has 0 aliphatic heterocycles. The number of nitrogens with one attached hydrogen (secondary N) is 1. The van der Waals surface area contributed by atoms with Crippen molar-refractivity contribution in [1.82, 2.24) is 5.32 Å². The molecule has 1 aromatic carbocycles. The van der Waals surface area contributed by atoms with Crippen LogP contribution in [0, 0.1) is 23.2 Å². The molecular formula is C21H29N. The molecule has 22 heavy (non-hydrogen) atoms. The van der Waals surface area contributed by atoms with Gasteiger partial charge in [-0.05, 0) is 74.2 Å². The summed E-state index contributed by atoms with van der Waals surface area (Å²) in [6, 6.07) is 11.3. The molecular weight excluding hydrogens is 266 g/mol. The van der Waals surface area contributed by atoms with Gasteiger partial charge in [0.05, 0.1) is 0 Å². The van der Waals surface area contributed by atoms with E-state index in [-0.39, 0.29) is 0 Å². The van der Waals surface area contributed by atoms with Crippen LogP contribution in [0.2, 0.25) is 0 Å². The first-order chi connectivity index (χ1) is 10.7. The number of hydrogen-bond donors (Lipinski definition) is 1. The van der Waals surface area contributed by atoms with Gasteiger partial charge in [-0.2, -0.15) is 0 Å². The maximum Gasteiger partial charge on any atom is 0.0140 e. The molecule has 0 heterocycles. The van der Waals surface area contributed by atoms with Gasteiger partial charge in [-0.15, -0.1) is 0 Å². The van der Waals surface area contributed by atoms with Crippen molar-refractivity contribution in [2.24, 2.45) is 23.2 Å². The molecule has 4 saturated carbocycles. The monoisotopic (exact) mass is 295 g/mol. The third-order valence-electron chi connectivity index (χ3n) is 6.66. The molecule has 5 rings (SSSR count). The highest BCUT2D eigenvalue weighted by Gasteiger charge is 2.52. The summed E-state index contributed by atoms with van der Waals surface area (Å²) in [6.45, 7) is 3.45. The molecule has 4 aliphatic carbocycles. The highest BCUT2D eigenvalue weighted by molar-refractivity contribution is 5.48. The Balaban J connectivity index is 1.34. The third kappa shape index (κ3) is 2.76. The van der Waals surface area contributed by atoms with Crippen molar-refractivity contribution in [2.75, 3.05) is 6.54 Å². The van der Waals surface area contributed by atoms with E-state index < -0.39 is 0 Å². The first-order valence-electron chi connectivity index (χ1n) is 9.18.